The Kier molecular flexibility index (Phi) is 4.91. The molecule has 3 heteroatoms. The second kappa shape index (κ2) is 7.40. The zero-order valence-electron chi connectivity index (χ0n) is 18.1. The van der Waals surface area contributed by atoms with Gasteiger partial charge in [-0.1, -0.05) is 31.5 Å². The van der Waals surface area contributed by atoms with E-state index in [1.165, 1.54) is 38.9 Å². The molecule has 0 radical (unpaired) electrons. The van der Waals surface area contributed by atoms with Crippen LogP contribution in [0.5, 0.6) is 0 Å². The highest BCUT2D eigenvalue weighted by Crippen LogP contribution is 2.28. The molecule has 0 saturated heterocycles. The van der Waals surface area contributed by atoms with Crippen LogP contribution in [0.3, 0.4) is 0 Å². The van der Waals surface area contributed by atoms with Crippen molar-refractivity contribution in [1.29, 1.82) is 0 Å². The lowest BCUT2D eigenvalue weighted by atomic mass is 9.96. The molecule has 0 fully saturated rings. The van der Waals surface area contributed by atoms with E-state index in [-0.39, 0.29) is 0 Å². The average molecular weight is 383 g/mol. The molecule has 0 aliphatic carbocycles. The predicted octanol–water partition coefficient (Wildman–Crippen LogP) is 5.84. The van der Waals surface area contributed by atoms with Crippen molar-refractivity contribution in [2.75, 3.05) is 0 Å². The molecule has 0 amide bonds. The van der Waals surface area contributed by atoms with Crippen molar-refractivity contribution in [2.24, 2.45) is 7.05 Å². The Morgan fingerprint density at radius 3 is 2.21 bits per heavy atom. The van der Waals surface area contributed by atoms with E-state index in [2.05, 4.69) is 98.7 Å². The molecular formula is C26H28N3+. The van der Waals surface area contributed by atoms with Gasteiger partial charge in [-0.3, -0.25) is 0 Å². The van der Waals surface area contributed by atoms with Crippen molar-refractivity contribution >= 4 is 10.9 Å². The third kappa shape index (κ3) is 3.53. The van der Waals surface area contributed by atoms with Crippen LogP contribution < -0.4 is 4.57 Å². The smallest absolute Gasteiger partial charge is 0.213 e. The number of rotatable bonds is 3. The first-order chi connectivity index (χ1) is 13.8. The average Bonchev–Trinajstić information content (AvgIpc) is 2.71. The zero-order valence-corrected chi connectivity index (χ0v) is 18.1. The van der Waals surface area contributed by atoms with Gasteiger partial charge in [0.2, 0.25) is 11.2 Å². The summed E-state index contributed by atoms with van der Waals surface area (Å²) >= 11 is 0. The van der Waals surface area contributed by atoms with Gasteiger partial charge in [0.1, 0.15) is 12.9 Å². The summed E-state index contributed by atoms with van der Waals surface area (Å²) in [6, 6.07) is 15.5. The zero-order chi connectivity index (χ0) is 20.7. The summed E-state index contributed by atoms with van der Waals surface area (Å²) in [5.41, 5.74) is 9.86. The summed E-state index contributed by atoms with van der Waals surface area (Å²) in [4.78, 5) is 9.07. The Morgan fingerprint density at radius 2 is 1.52 bits per heavy atom. The largest absolute Gasteiger partial charge is 0.240 e. The SMILES string of the molecule is Cc1cc(C)c(C)c(-c2ccc3ccc(-c4cnc(C(C)C)nc4)cc3[n+]2C)c1. The second-order valence-electron chi connectivity index (χ2n) is 8.29. The minimum atomic E-state index is 0.335. The number of benzene rings is 2. The van der Waals surface area contributed by atoms with Crippen LogP contribution in [-0.2, 0) is 7.05 Å². The van der Waals surface area contributed by atoms with Crippen LogP contribution in [0.15, 0.2) is 54.9 Å². The van der Waals surface area contributed by atoms with Crippen LogP contribution in [0.2, 0.25) is 0 Å². The number of aryl methyl sites for hydroxylation is 3. The number of aromatic nitrogens is 3. The summed E-state index contributed by atoms with van der Waals surface area (Å²) in [7, 11) is 2.15. The molecule has 29 heavy (non-hydrogen) atoms. The van der Waals surface area contributed by atoms with Gasteiger partial charge >= 0.3 is 0 Å². The number of fused-ring (bicyclic) bond motifs is 1. The van der Waals surface area contributed by atoms with Gasteiger partial charge in [-0.2, -0.15) is 4.57 Å². The van der Waals surface area contributed by atoms with Crippen molar-refractivity contribution < 1.29 is 4.57 Å². The van der Waals surface area contributed by atoms with Crippen LogP contribution >= 0.6 is 0 Å². The van der Waals surface area contributed by atoms with E-state index < -0.39 is 0 Å². The molecule has 0 bridgehead atoms. The van der Waals surface area contributed by atoms with Gasteiger partial charge in [0.15, 0.2) is 0 Å². The summed E-state index contributed by atoms with van der Waals surface area (Å²) < 4.78 is 2.30. The molecule has 0 N–H and O–H groups in total. The van der Waals surface area contributed by atoms with Gasteiger partial charge in [0.05, 0.1) is 0 Å². The molecule has 146 valence electrons. The molecule has 2 aromatic carbocycles. The normalized spacial score (nSPS) is 11.4. The molecule has 0 aliphatic heterocycles. The molecule has 2 heterocycles. The van der Waals surface area contributed by atoms with Crippen molar-refractivity contribution in [3.05, 3.63) is 77.4 Å². The van der Waals surface area contributed by atoms with Crippen molar-refractivity contribution in [2.45, 2.75) is 40.5 Å². The fourth-order valence-corrected chi connectivity index (χ4v) is 3.93. The first-order valence-corrected chi connectivity index (χ1v) is 10.2. The maximum atomic E-state index is 4.54. The third-order valence-electron chi connectivity index (χ3n) is 5.78. The Bertz CT molecular complexity index is 1210. The molecule has 0 unspecified atom stereocenters. The maximum Gasteiger partial charge on any atom is 0.213 e. The van der Waals surface area contributed by atoms with Crippen molar-refractivity contribution in [1.82, 2.24) is 9.97 Å². The van der Waals surface area contributed by atoms with Crippen LogP contribution in [0, 0.1) is 20.8 Å². The van der Waals surface area contributed by atoms with Gasteiger partial charge < -0.3 is 0 Å². The van der Waals surface area contributed by atoms with E-state index in [4.69, 9.17) is 0 Å². The van der Waals surface area contributed by atoms with E-state index >= 15 is 0 Å². The maximum absolute atomic E-state index is 4.54. The first-order valence-electron chi connectivity index (χ1n) is 10.2. The Hall–Kier alpha value is -3.07. The van der Waals surface area contributed by atoms with Crippen LogP contribution in [0.1, 0.15) is 42.3 Å². The minimum Gasteiger partial charge on any atom is -0.240 e. The summed E-state index contributed by atoms with van der Waals surface area (Å²) in [5, 5.41) is 1.22. The van der Waals surface area contributed by atoms with Crippen molar-refractivity contribution in [3.8, 4) is 22.4 Å². The van der Waals surface area contributed by atoms with E-state index in [0.717, 1.165) is 17.0 Å². The lowest BCUT2D eigenvalue weighted by Crippen LogP contribution is -2.32. The van der Waals surface area contributed by atoms with Gasteiger partial charge in [-0.05, 0) is 55.7 Å². The predicted molar refractivity (Wildman–Crippen MR) is 120 cm³/mol. The van der Waals surface area contributed by atoms with Crippen LogP contribution in [-0.4, -0.2) is 9.97 Å². The van der Waals surface area contributed by atoms with Gasteiger partial charge in [0, 0.05) is 47.0 Å². The molecule has 4 rings (SSSR count). The molecular weight excluding hydrogens is 354 g/mol. The van der Waals surface area contributed by atoms with E-state index in [1.54, 1.807) is 0 Å². The van der Waals surface area contributed by atoms with Crippen LogP contribution in [0.25, 0.3) is 33.3 Å². The van der Waals surface area contributed by atoms with Gasteiger partial charge in [-0.15, -0.1) is 0 Å². The van der Waals surface area contributed by atoms with Crippen molar-refractivity contribution in [3.63, 3.8) is 0 Å². The summed E-state index contributed by atoms with van der Waals surface area (Å²) in [6.45, 7) is 10.8. The Labute approximate surface area is 173 Å². The summed E-state index contributed by atoms with van der Waals surface area (Å²) in [5.74, 6) is 1.22. The van der Waals surface area contributed by atoms with E-state index in [1.807, 2.05) is 12.4 Å². The molecule has 0 atom stereocenters. The highest BCUT2D eigenvalue weighted by molar-refractivity contribution is 5.83. The number of pyridine rings is 1. The minimum absolute atomic E-state index is 0.335. The number of hydrogen-bond donors (Lipinski definition) is 0. The third-order valence-corrected chi connectivity index (χ3v) is 5.78. The lowest BCUT2D eigenvalue weighted by molar-refractivity contribution is -0.633. The quantitative estimate of drug-likeness (QED) is 0.417. The lowest BCUT2D eigenvalue weighted by Gasteiger charge is -2.11. The number of nitrogens with zero attached hydrogens (tertiary/aromatic N) is 3. The van der Waals surface area contributed by atoms with Crippen LogP contribution in [0.4, 0.5) is 0 Å². The topological polar surface area (TPSA) is 29.7 Å². The highest BCUT2D eigenvalue weighted by atomic mass is 14.9. The van der Waals surface area contributed by atoms with Gasteiger partial charge in [0.25, 0.3) is 0 Å². The molecule has 3 nitrogen and oxygen atoms in total. The molecule has 2 aromatic heterocycles. The van der Waals surface area contributed by atoms with Gasteiger partial charge in [-0.25, -0.2) is 9.97 Å². The fraction of sp³-hybridized carbons (Fsp3) is 0.269. The molecule has 0 aliphatic rings. The summed E-state index contributed by atoms with van der Waals surface area (Å²) in [6.07, 6.45) is 3.86. The standard InChI is InChI=1S/C26H28N3/c1-16(2)26-27-14-22(15-28-26)21-8-7-20-9-10-24(29(6)25(20)13-21)23-12-17(3)11-18(4)19(23)5/h7-16H,1-6H3/q+1. The van der Waals surface area contributed by atoms with E-state index in [0.29, 0.717) is 5.92 Å². The Balaban J connectivity index is 1.86. The number of hydrogen-bond acceptors (Lipinski definition) is 2. The monoisotopic (exact) mass is 382 g/mol. The molecule has 4 aromatic rings. The highest BCUT2D eigenvalue weighted by Gasteiger charge is 2.18. The Morgan fingerprint density at radius 1 is 0.828 bits per heavy atom. The second-order valence-corrected chi connectivity index (χ2v) is 8.29. The van der Waals surface area contributed by atoms with E-state index in [9.17, 15) is 0 Å². The molecule has 0 saturated carbocycles. The molecule has 0 spiro atoms. The first kappa shape index (κ1) is 19.3. The fourth-order valence-electron chi connectivity index (χ4n) is 3.93.